The van der Waals surface area contributed by atoms with Crippen molar-refractivity contribution in [2.75, 3.05) is 0 Å². The highest BCUT2D eigenvalue weighted by Gasteiger charge is 2.50. The molecule has 0 aliphatic rings. The van der Waals surface area contributed by atoms with Gasteiger partial charge in [-0.1, -0.05) is 109 Å². The Bertz CT molecular complexity index is 1920. The van der Waals surface area contributed by atoms with E-state index < -0.39 is 14.5 Å². The average molecular weight is 783 g/mol. The van der Waals surface area contributed by atoms with Crippen molar-refractivity contribution in [1.29, 1.82) is 0 Å². The number of aliphatic hydroxyl groups is 1. The van der Waals surface area contributed by atoms with Crippen LogP contribution in [0.25, 0.3) is 0 Å². The first-order chi connectivity index (χ1) is 24.2. The highest BCUT2D eigenvalue weighted by molar-refractivity contribution is 7.95. The van der Waals surface area contributed by atoms with Crippen LogP contribution < -0.4 is 74.0 Å². The number of halogens is 3. The maximum absolute atomic E-state index is 12.2. The van der Waals surface area contributed by atoms with Crippen LogP contribution in [-0.2, 0) is 18.9 Å². The maximum atomic E-state index is 12.2. The number of aliphatic hydroxyl groups excluding tert-OH is 1. The van der Waals surface area contributed by atoms with E-state index in [4.69, 9.17) is 0 Å². The standard InChI is InChI=1S/C44H38NO2P2.3ClH/c46-32-42-35(33-48(36-19-7-1-8-20-36,37-21-9-2-10-22-37)38-23-11-3-12-24-38)31-45-43(44(42)47)34-49(39-25-13-4-14-26-39,40-27-15-5-16-28-40)41-29-17-6-18-30-41;;;/h1-31,46H,32-34H2;3*1H/q+1;;;/p-1. The SMILES string of the molecule is OCc1c(C[P+](c2ccccc2)(c2ccccc2)c2ccccc2)c[nH+]c(C[P+](c2ccccc2)(c2ccccc2)c2ccccc2)c1O.[Cl-].[Cl-].[Cl-]. The minimum absolute atomic E-state index is 0. The van der Waals surface area contributed by atoms with Crippen LogP contribution in [0.3, 0.4) is 0 Å². The molecule has 264 valence electrons. The molecule has 0 saturated heterocycles. The zero-order valence-electron chi connectivity index (χ0n) is 28.4. The largest absolute Gasteiger partial charge is 1.00 e. The van der Waals surface area contributed by atoms with E-state index in [9.17, 15) is 10.2 Å². The molecule has 0 atom stereocenters. The molecule has 0 radical (unpaired) electrons. The van der Waals surface area contributed by atoms with E-state index >= 15 is 0 Å². The summed E-state index contributed by atoms with van der Waals surface area (Å²) in [6.45, 7) is -0.269. The highest BCUT2D eigenvalue weighted by Crippen LogP contribution is 2.60. The van der Waals surface area contributed by atoms with Crippen molar-refractivity contribution in [3.63, 3.8) is 0 Å². The van der Waals surface area contributed by atoms with Gasteiger partial charge in [-0.3, -0.25) is 0 Å². The third-order valence-electron chi connectivity index (χ3n) is 9.52. The van der Waals surface area contributed by atoms with Gasteiger partial charge in [0.1, 0.15) is 52.5 Å². The summed E-state index contributed by atoms with van der Waals surface area (Å²) >= 11 is 0. The van der Waals surface area contributed by atoms with E-state index in [1.165, 1.54) is 31.8 Å². The lowest BCUT2D eigenvalue weighted by molar-refractivity contribution is -0.390. The Morgan fingerprint density at radius 1 is 0.404 bits per heavy atom. The molecule has 0 aliphatic carbocycles. The zero-order chi connectivity index (χ0) is 33.5. The number of aromatic amines is 1. The Hall–Kier alpha value is -4.04. The number of hydrogen-bond donors (Lipinski definition) is 2. The summed E-state index contributed by atoms with van der Waals surface area (Å²) in [6.07, 6.45) is 3.25. The van der Waals surface area contributed by atoms with Crippen LogP contribution in [0.2, 0.25) is 0 Å². The molecule has 8 heteroatoms. The molecule has 7 aromatic rings. The van der Waals surface area contributed by atoms with Gasteiger partial charge < -0.3 is 47.4 Å². The molecule has 0 unspecified atom stereocenters. The number of H-pyrrole nitrogens is 1. The normalized spacial score (nSPS) is 11.0. The van der Waals surface area contributed by atoms with Crippen molar-refractivity contribution in [2.24, 2.45) is 0 Å². The summed E-state index contributed by atoms with van der Waals surface area (Å²) in [5.41, 5.74) is 2.21. The summed E-state index contributed by atoms with van der Waals surface area (Å²) in [4.78, 5) is 3.61. The van der Waals surface area contributed by atoms with Crippen molar-refractivity contribution in [2.45, 2.75) is 18.9 Å². The fraction of sp³-hybridized carbons (Fsp3) is 0.0682. The van der Waals surface area contributed by atoms with Crippen molar-refractivity contribution in [1.82, 2.24) is 0 Å². The molecule has 0 bridgehead atoms. The van der Waals surface area contributed by atoms with Gasteiger partial charge in [0.2, 0.25) is 0 Å². The molecular weight excluding hydrogens is 743 g/mol. The van der Waals surface area contributed by atoms with Gasteiger partial charge in [0.25, 0.3) is 5.69 Å². The second kappa shape index (κ2) is 18.6. The smallest absolute Gasteiger partial charge is 0.260 e. The Morgan fingerprint density at radius 3 is 0.942 bits per heavy atom. The van der Waals surface area contributed by atoms with E-state index in [0.29, 0.717) is 17.9 Å². The Morgan fingerprint density at radius 2 is 0.673 bits per heavy atom. The van der Waals surface area contributed by atoms with Crippen LogP contribution in [0.1, 0.15) is 16.8 Å². The second-order valence-electron chi connectivity index (χ2n) is 12.2. The molecular formula is C44H40Cl3NO2P2. The predicted molar refractivity (Wildman–Crippen MR) is 208 cm³/mol. The Balaban J connectivity index is 0.00000202. The monoisotopic (exact) mass is 781 g/mol. The minimum atomic E-state index is -2.30. The number of aromatic nitrogens is 1. The first-order valence-corrected chi connectivity index (χ1v) is 20.6. The molecule has 3 nitrogen and oxygen atoms in total. The number of hydrogen-bond acceptors (Lipinski definition) is 2. The lowest BCUT2D eigenvalue weighted by Crippen LogP contribution is -3.00. The third-order valence-corrected chi connectivity index (χ3v) is 18.2. The average Bonchev–Trinajstić information content (AvgIpc) is 3.19. The molecule has 3 N–H and O–H groups in total. The van der Waals surface area contributed by atoms with Gasteiger partial charge in [-0.2, -0.15) is 0 Å². The molecule has 7 rings (SSSR count). The van der Waals surface area contributed by atoms with Gasteiger partial charge in [0, 0.05) is 5.56 Å². The summed E-state index contributed by atoms with van der Waals surface area (Å²) < 4.78 is 0. The van der Waals surface area contributed by atoms with Crippen molar-refractivity contribution < 1.29 is 52.4 Å². The van der Waals surface area contributed by atoms with Crippen LogP contribution in [-0.4, -0.2) is 10.2 Å². The van der Waals surface area contributed by atoms with Gasteiger partial charge in [-0.05, 0) is 72.8 Å². The number of rotatable bonds is 11. The van der Waals surface area contributed by atoms with E-state index in [2.05, 4.69) is 187 Å². The number of pyridine rings is 1. The summed E-state index contributed by atoms with van der Waals surface area (Å²) in [5, 5.41) is 30.7. The topological polar surface area (TPSA) is 54.6 Å². The maximum Gasteiger partial charge on any atom is 0.260 e. The molecule has 1 aromatic heterocycles. The Kier molecular flexibility index (Phi) is 14.6. The Labute approximate surface area is 326 Å². The summed E-state index contributed by atoms with van der Waals surface area (Å²) in [5.74, 6) is 0.138. The van der Waals surface area contributed by atoms with E-state index in [1.54, 1.807) is 0 Å². The molecule has 52 heavy (non-hydrogen) atoms. The first kappa shape index (κ1) is 40.7. The van der Waals surface area contributed by atoms with Gasteiger partial charge in [-0.15, -0.1) is 0 Å². The minimum Gasteiger partial charge on any atom is -1.00 e. The predicted octanol–water partition coefficient (Wildman–Crippen LogP) is -2.30. The van der Waals surface area contributed by atoms with E-state index in [0.717, 1.165) is 11.3 Å². The molecule has 0 fully saturated rings. The van der Waals surface area contributed by atoms with Crippen molar-refractivity contribution in [3.05, 3.63) is 205 Å². The van der Waals surface area contributed by atoms with Crippen LogP contribution in [0.15, 0.2) is 188 Å². The van der Waals surface area contributed by atoms with Gasteiger partial charge in [-0.25, -0.2) is 4.98 Å². The van der Waals surface area contributed by atoms with E-state index in [1.807, 2.05) is 6.20 Å². The second-order valence-corrected chi connectivity index (χ2v) is 19.2. The van der Waals surface area contributed by atoms with Crippen LogP contribution in [0.5, 0.6) is 5.75 Å². The van der Waals surface area contributed by atoms with Crippen LogP contribution >= 0.6 is 14.5 Å². The number of nitrogens with one attached hydrogen (secondary N) is 1. The molecule has 0 aliphatic heterocycles. The molecule has 0 spiro atoms. The number of benzene rings is 6. The number of aromatic hydroxyl groups is 1. The van der Waals surface area contributed by atoms with Crippen LogP contribution in [0.4, 0.5) is 0 Å². The lowest BCUT2D eigenvalue weighted by atomic mass is 10.1. The molecule has 6 aromatic carbocycles. The van der Waals surface area contributed by atoms with E-state index in [-0.39, 0.29) is 49.6 Å². The molecule has 0 saturated carbocycles. The quantitative estimate of drug-likeness (QED) is 0.145. The van der Waals surface area contributed by atoms with Crippen molar-refractivity contribution >= 4 is 46.4 Å². The lowest BCUT2D eigenvalue weighted by Gasteiger charge is -2.28. The van der Waals surface area contributed by atoms with Gasteiger partial charge in [0.15, 0.2) is 18.1 Å². The summed E-state index contributed by atoms with van der Waals surface area (Å²) in [7, 11) is -4.57. The molecule has 0 amide bonds. The molecule has 1 heterocycles. The fourth-order valence-electron chi connectivity index (χ4n) is 7.13. The summed E-state index contributed by atoms with van der Waals surface area (Å²) in [6, 6.07) is 64.2. The third kappa shape index (κ3) is 7.83. The van der Waals surface area contributed by atoms with Crippen molar-refractivity contribution in [3.8, 4) is 5.75 Å². The van der Waals surface area contributed by atoms with Gasteiger partial charge >= 0.3 is 0 Å². The zero-order valence-corrected chi connectivity index (χ0v) is 32.5. The first-order valence-electron chi connectivity index (χ1n) is 16.6. The van der Waals surface area contributed by atoms with Crippen LogP contribution in [0, 0.1) is 0 Å². The van der Waals surface area contributed by atoms with Gasteiger partial charge in [0.05, 0.1) is 12.2 Å². The fourth-order valence-corrected chi connectivity index (χ4v) is 15.6. The highest BCUT2D eigenvalue weighted by atomic mass is 35.5.